The van der Waals surface area contributed by atoms with Crippen molar-refractivity contribution in [2.45, 2.75) is 51.2 Å². The molecule has 26 heavy (non-hydrogen) atoms. The van der Waals surface area contributed by atoms with Crippen molar-refractivity contribution in [2.24, 2.45) is 0 Å². The molecular formula is C17H23N5O4. The minimum atomic E-state index is -0.709. The Hall–Kier alpha value is -2.39. The van der Waals surface area contributed by atoms with Crippen LogP contribution >= 0.6 is 0 Å². The van der Waals surface area contributed by atoms with Crippen LogP contribution in [0.3, 0.4) is 0 Å². The minimum Gasteiger partial charge on any atom is -0.473 e. The molecular weight excluding hydrogens is 338 g/mol. The summed E-state index contributed by atoms with van der Waals surface area (Å²) >= 11 is 0. The number of nitrogens with zero attached hydrogens (tertiary/aromatic N) is 4. The van der Waals surface area contributed by atoms with Gasteiger partial charge >= 0.3 is 0 Å². The number of aromatic nitrogens is 4. The van der Waals surface area contributed by atoms with E-state index in [1.165, 1.54) is 19.7 Å². The molecule has 0 unspecified atom stereocenters. The van der Waals surface area contributed by atoms with Gasteiger partial charge in [-0.3, -0.25) is 4.79 Å². The van der Waals surface area contributed by atoms with Gasteiger partial charge in [-0.2, -0.15) is 9.97 Å². The molecule has 9 heteroatoms. The normalized spacial score (nSPS) is 16.5. The van der Waals surface area contributed by atoms with E-state index in [1.807, 2.05) is 0 Å². The number of Topliss-reactive ketones (excluding diaryl/α,β-unsaturated/α-hetero) is 1. The summed E-state index contributed by atoms with van der Waals surface area (Å²) in [7, 11) is 1.49. The zero-order valence-corrected chi connectivity index (χ0v) is 15.0. The third-order valence-electron chi connectivity index (χ3n) is 4.28. The zero-order chi connectivity index (χ0) is 18.5. The molecule has 0 radical (unpaired) electrons. The van der Waals surface area contributed by atoms with Crippen LogP contribution in [0.4, 0.5) is 5.95 Å². The summed E-state index contributed by atoms with van der Waals surface area (Å²) in [6.07, 6.45) is 6.07. The third-order valence-corrected chi connectivity index (χ3v) is 4.28. The van der Waals surface area contributed by atoms with Gasteiger partial charge in [-0.1, -0.05) is 6.42 Å². The average molecular weight is 361 g/mol. The molecule has 2 N–H and O–H groups in total. The number of nitrogens with two attached hydrogens (primary N) is 1. The van der Waals surface area contributed by atoms with E-state index < -0.39 is 6.10 Å². The summed E-state index contributed by atoms with van der Waals surface area (Å²) in [5.41, 5.74) is 6.54. The van der Waals surface area contributed by atoms with E-state index in [9.17, 15) is 4.79 Å². The summed E-state index contributed by atoms with van der Waals surface area (Å²) in [6.45, 7) is 1.65. The fraction of sp³-hybridized carbons (Fsp3) is 0.588. The van der Waals surface area contributed by atoms with Gasteiger partial charge in [-0.15, -0.1) is 0 Å². The second-order valence-electron chi connectivity index (χ2n) is 6.27. The number of methoxy groups -OCH3 is 1. The molecule has 140 valence electrons. The number of carbonyl (C=O) groups is 1. The van der Waals surface area contributed by atoms with Crippen LogP contribution < -0.4 is 10.5 Å². The number of hydrogen-bond acceptors (Lipinski definition) is 9. The maximum absolute atomic E-state index is 12.5. The SMILES string of the molecule is COCO[C@@H](C)C(=O)c1cnc2nc(N)nc(OC3CCCCC3)c2n1. The van der Waals surface area contributed by atoms with Crippen molar-refractivity contribution in [3.63, 3.8) is 0 Å². The van der Waals surface area contributed by atoms with Crippen molar-refractivity contribution in [3.05, 3.63) is 11.9 Å². The van der Waals surface area contributed by atoms with Gasteiger partial charge in [0.15, 0.2) is 11.2 Å². The molecule has 2 heterocycles. The molecule has 3 rings (SSSR count). The number of nitrogen functional groups attached to an aromatic ring is 1. The van der Waals surface area contributed by atoms with Crippen LogP contribution in [0.5, 0.6) is 5.88 Å². The average Bonchev–Trinajstić information content (AvgIpc) is 2.66. The van der Waals surface area contributed by atoms with Crippen molar-refractivity contribution in [3.8, 4) is 5.88 Å². The highest BCUT2D eigenvalue weighted by Crippen LogP contribution is 2.26. The predicted octanol–water partition coefficient (Wildman–Crippen LogP) is 1.91. The predicted molar refractivity (Wildman–Crippen MR) is 93.8 cm³/mol. The first-order chi connectivity index (χ1) is 12.6. The fourth-order valence-corrected chi connectivity index (χ4v) is 2.89. The van der Waals surface area contributed by atoms with E-state index in [2.05, 4.69) is 19.9 Å². The second-order valence-corrected chi connectivity index (χ2v) is 6.27. The molecule has 0 aromatic carbocycles. The van der Waals surface area contributed by atoms with E-state index in [4.69, 9.17) is 19.9 Å². The van der Waals surface area contributed by atoms with Gasteiger partial charge in [0.05, 0.1) is 6.20 Å². The maximum Gasteiger partial charge on any atom is 0.247 e. The van der Waals surface area contributed by atoms with E-state index in [0.717, 1.165) is 25.7 Å². The molecule has 2 aromatic heterocycles. The Morgan fingerprint density at radius 2 is 2.04 bits per heavy atom. The quantitative estimate of drug-likeness (QED) is 0.582. The number of carbonyl (C=O) groups excluding carboxylic acids is 1. The lowest BCUT2D eigenvalue weighted by Crippen LogP contribution is -2.24. The standard InChI is InChI=1S/C17H23N5O4/c1-10(25-9-24-2)14(23)12-8-19-15-13(20-12)16(22-17(18)21-15)26-11-6-4-3-5-7-11/h8,10-11H,3-7,9H2,1-2H3,(H2,18,19,21,22)/t10-/m0/s1. The van der Waals surface area contributed by atoms with Crippen molar-refractivity contribution >= 4 is 22.9 Å². The van der Waals surface area contributed by atoms with Gasteiger partial charge < -0.3 is 19.9 Å². The molecule has 0 saturated heterocycles. The van der Waals surface area contributed by atoms with Crippen LogP contribution in [-0.2, 0) is 9.47 Å². The topological polar surface area (TPSA) is 122 Å². The Labute approximate surface area is 151 Å². The van der Waals surface area contributed by atoms with Crippen LogP contribution in [0.2, 0.25) is 0 Å². The highest BCUT2D eigenvalue weighted by Gasteiger charge is 2.22. The number of ketones is 1. The smallest absolute Gasteiger partial charge is 0.247 e. The van der Waals surface area contributed by atoms with Crippen LogP contribution in [0.25, 0.3) is 11.2 Å². The molecule has 1 saturated carbocycles. The molecule has 9 nitrogen and oxygen atoms in total. The molecule has 1 aliphatic rings. The highest BCUT2D eigenvalue weighted by atomic mass is 16.7. The van der Waals surface area contributed by atoms with Gasteiger partial charge in [-0.25, -0.2) is 9.97 Å². The Bertz CT molecular complexity index is 779. The monoisotopic (exact) mass is 361 g/mol. The second kappa shape index (κ2) is 8.33. The Morgan fingerprint density at radius 1 is 1.27 bits per heavy atom. The van der Waals surface area contributed by atoms with Gasteiger partial charge in [0.2, 0.25) is 17.6 Å². The first-order valence-electron chi connectivity index (χ1n) is 8.70. The van der Waals surface area contributed by atoms with E-state index in [-0.39, 0.29) is 36.2 Å². The van der Waals surface area contributed by atoms with E-state index in [1.54, 1.807) is 6.92 Å². The largest absolute Gasteiger partial charge is 0.473 e. The first kappa shape index (κ1) is 18.4. The molecule has 1 fully saturated rings. The zero-order valence-electron chi connectivity index (χ0n) is 15.0. The van der Waals surface area contributed by atoms with Gasteiger partial charge in [0.25, 0.3) is 0 Å². The first-order valence-corrected chi connectivity index (χ1v) is 8.70. The summed E-state index contributed by atoms with van der Waals surface area (Å²) in [5.74, 6) is 0.0254. The number of fused-ring (bicyclic) bond motifs is 1. The molecule has 1 atom stereocenters. The lowest BCUT2D eigenvalue weighted by molar-refractivity contribution is -0.0542. The van der Waals surface area contributed by atoms with Crippen molar-refractivity contribution in [2.75, 3.05) is 19.6 Å². The lowest BCUT2D eigenvalue weighted by Gasteiger charge is -2.22. The summed E-state index contributed by atoms with van der Waals surface area (Å²) in [5, 5.41) is 0. The summed E-state index contributed by atoms with van der Waals surface area (Å²) in [4.78, 5) is 29.3. The van der Waals surface area contributed by atoms with Crippen LogP contribution in [-0.4, -0.2) is 51.8 Å². The van der Waals surface area contributed by atoms with Gasteiger partial charge in [0, 0.05) is 7.11 Å². The van der Waals surface area contributed by atoms with Gasteiger partial charge in [0.1, 0.15) is 24.7 Å². The molecule has 0 aliphatic heterocycles. The molecule has 2 aromatic rings. The van der Waals surface area contributed by atoms with Crippen LogP contribution in [0.1, 0.15) is 49.5 Å². The van der Waals surface area contributed by atoms with E-state index >= 15 is 0 Å². The van der Waals surface area contributed by atoms with Crippen molar-refractivity contribution < 1.29 is 19.0 Å². The number of anilines is 1. The Balaban J connectivity index is 1.90. The van der Waals surface area contributed by atoms with Crippen molar-refractivity contribution in [1.82, 2.24) is 19.9 Å². The Morgan fingerprint density at radius 3 is 2.77 bits per heavy atom. The fourth-order valence-electron chi connectivity index (χ4n) is 2.89. The molecule has 0 bridgehead atoms. The molecule has 0 spiro atoms. The van der Waals surface area contributed by atoms with Crippen molar-refractivity contribution in [1.29, 1.82) is 0 Å². The van der Waals surface area contributed by atoms with Crippen LogP contribution in [0, 0.1) is 0 Å². The number of ether oxygens (including phenoxy) is 3. The third kappa shape index (κ3) is 4.23. The van der Waals surface area contributed by atoms with Gasteiger partial charge in [-0.05, 0) is 32.6 Å². The lowest BCUT2D eigenvalue weighted by atomic mass is 9.98. The number of hydrogen-bond donors (Lipinski definition) is 1. The highest BCUT2D eigenvalue weighted by molar-refractivity contribution is 5.98. The molecule has 0 amide bonds. The Kier molecular flexibility index (Phi) is 5.89. The van der Waals surface area contributed by atoms with E-state index in [0.29, 0.717) is 11.2 Å². The van der Waals surface area contributed by atoms with Crippen LogP contribution in [0.15, 0.2) is 6.20 Å². The molecule has 1 aliphatic carbocycles. The minimum absolute atomic E-state index is 0.0175. The number of rotatable bonds is 7. The summed E-state index contributed by atoms with van der Waals surface area (Å²) in [6, 6.07) is 0. The maximum atomic E-state index is 12.5. The summed E-state index contributed by atoms with van der Waals surface area (Å²) < 4.78 is 16.1.